The third-order valence-electron chi connectivity index (χ3n) is 6.01. The van der Waals surface area contributed by atoms with Crippen LogP contribution in [0.15, 0.2) is 79.0 Å². The van der Waals surface area contributed by atoms with E-state index in [2.05, 4.69) is 20.5 Å². The fourth-order valence-corrected chi connectivity index (χ4v) is 4.21. The van der Waals surface area contributed by atoms with Crippen molar-refractivity contribution in [2.24, 2.45) is 0 Å². The zero-order valence-electron chi connectivity index (χ0n) is 20.9. The lowest BCUT2D eigenvalue weighted by Gasteiger charge is -2.16. The Morgan fingerprint density at radius 1 is 1.11 bits per heavy atom. The molecule has 1 fully saturated rings. The Bertz CT molecular complexity index is 1390. The van der Waals surface area contributed by atoms with Gasteiger partial charge < -0.3 is 24.6 Å². The van der Waals surface area contributed by atoms with Crippen LogP contribution in [0.2, 0.25) is 0 Å². The van der Waals surface area contributed by atoms with Crippen LogP contribution in [0.1, 0.15) is 6.42 Å². The molecule has 0 aliphatic carbocycles. The number of hydrogen-bond donors (Lipinski definition) is 2. The van der Waals surface area contributed by atoms with Gasteiger partial charge in [0, 0.05) is 50.1 Å². The molecule has 190 valence electrons. The van der Waals surface area contributed by atoms with Gasteiger partial charge in [0.25, 0.3) is 0 Å². The van der Waals surface area contributed by atoms with Crippen molar-refractivity contribution in [1.29, 1.82) is 0 Å². The van der Waals surface area contributed by atoms with Gasteiger partial charge in [-0.05, 0) is 44.8 Å². The molecule has 3 heterocycles. The third kappa shape index (κ3) is 6.07. The van der Waals surface area contributed by atoms with Crippen LogP contribution < -0.4 is 14.8 Å². The number of para-hydroxylation sites is 1. The van der Waals surface area contributed by atoms with Gasteiger partial charge in [0.2, 0.25) is 5.91 Å². The Hall–Kier alpha value is -4.37. The van der Waals surface area contributed by atoms with Gasteiger partial charge in [-0.15, -0.1) is 0 Å². The summed E-state index contributed by atoms with van der Waals surface area (Å²) in [5.74, 6) is 3.36. The highest BCUT2D eigenvalue weighted by atomic mass is 16.5. The minimum atomic E-state index is 0.0290. The fourth-order valence-electron chi connectivity index (χ4n) is 4.21. The number of fused-ring (bicyclic) bond motifs is 1. The molecule has 9 nitrogen and oxygen atoms in total. The predicted molar refractivity (Wildman–Crippen MR) is 143 cm³/mol. The molecule has 5 rings (SSSR count). The quantitative estimate of drug-likeness (QED) is 0.324. The van der Waals surface area contributed by atoms with Crippen LogP contribution in [0.5, 0.6) is 23.0 Å². The summed E-state index contributed by atoms with van der Waals surface area (Å²) in [6.07, 6.45) is 6.05. The lowest BCUT2D eigenvalue weighted by atomic mass is 10.2. The van der Waals surface area contributed by atoms with Crippen molar-refractivity contribution < 1.29 is 14.3 Å². The van der Waals surface area contributed by atoms with Crippen LogP contribution in [0, 0.1) is 0 Å². The van der Waals surface area contributed by atoms with E-state index in [0.717, 1.165) is 24.1 Å². The van der Waals surface area contributed by atoms with Gasteiger partial charge in [0.15, 0.2) is 11.5 Å². The molecule has 1 saturated heterocycles. The maximum atomic E-state index is 12.5. The van der Waals surface area contributed by atoms with Gasteiger partial charge in [0.05, 0.1) is 0 Å². The molecule has 1 atom stereocenters. The summed E-state index contributed by atoms with van der Waals surface area (Å²) in [4.78, 5) is 20.8. The minimum absolute atomic E-state index is 0.0290. The monoisotopic (exact) mass is 498 g/mol. The summed E-state index contributed by atoms with van der Waals surface area (Å²) >= 11 is 0. The van der Waals surface area contributed by atoms with Crippen LogP contribution in [0.3, 0.4) is 0 Å². The number of nitrogens with one attached hydrogen (secondary N) is 2. The smallest absolute Gasteiger partial charge is 0.246 e. The summed E-state index contributed by atoms with van der Waals surface area (Å²) in [7, 11) is 3.95. The molecule has 0 bridgehead atoms. The van der Waals surface area contributed by atoms with Crippen LogP contribution in [0.4, 0.5) is 5.82 Å². The summed E-state index contributed by atoms with van der Waals surface area (Å²) < 4.78 is 12.2. The molecule has 0 spiro atoms. The van der Waals surface area contributed by atoms with Gasteiger partial charge in [-0.2, -0.15) is 5.10 Å². The van der Waals surface area contributed by atoms with Crippen molar-refractivity contribution in [3.8, 4) is 23.0 Å². The maximum absolute atomic E-state index is 12.5. The molecule has 0 saturated carbocycles. The third-order valence-corrected chi connectivity index (χ3v) is 6.01. The van der Waals surface area contributed by atoms with E-state index in [1.165, 1.54) is 0 Å². The second kappa shape index (κ2) is 11.1. The predicted octanol–water partition coefficient (Wildman–Crippen LogP) is 4.67. The first-order chi connectivity index (χ1) is 18.0. The number of carbonyl (C=O) groups excluding carboxylic acids is 1. The lowest BCUT2D eigenvalue weighted by molar-refractivity contribution is -0.125. The van der Waals surface area contributed by atoms with Gasteiger partial charge in [0.1, 0.15) is 28.4 Å². The first-order valence-electron chi connectivity index (χ1n) is 12.3. The molecule has 37 heavy (non-hydrogen) atoms. The molecule has 1 amide bonds. The number of pyridine rings is 1. The van der Waals surface area contributed by atoms with Crippen LogP contribution in [-0.2, 0) is 4.79 Å². The SMILES string of the molecule is CN(C)C/C=C/C(=O)N1CCC(Nc2n[nH]c3nccc(Oc4cccc(Oc5ccccc5)c4)c23)C1. The van der Waals surface area contributed by atoms with E-state index >= 15 is 0 Å². The molecular formula is C28H30N6O3. The molecule has 1 unspecified atom stereocenters. The van der Waals surface area contributed by atoms with E-state index in [1.54, 1.807) is 12.3 Å². The van der Waals surface area contributed by atoms with E-state index in [9.17, 15) is 4.79 Å². The average molecular weight is 499 g/mol. The normalized spacial score (nSPS) is 15.5. The number of anilines is 1. The van der Waals surface area contributed by atoms with Crippen LogP contribution in [0.25, 0.3) is 11.0 Å². The fraction of sp³-hybridized carbons (Fsp3) is 0.250. The van der Waals surface area contributed by atoms with E-state index in [0.29, 0.717) is 41.8 Å². The Morgan fingerprint density at radius 3 is 2.70 bits per heavy atom. The number of ether oxygens (including phenoxy) is 2. The second-order valence-corrected chi connectivity index (χ2v) is 9.18. The molecule has 2 aromatic carbocycles. The van der Waals surface area contributed by atoms with Crippen molar-refractivity contribution in [2.45, 2.75) is 12.5 Å². The minimum Gasteiger partial charge on any atom is -0.457 e. The zero-order valence-corrected chi connectivity index (χ0v) is 20.9. The summed E-state index contributed by atoms with van der Waals surface area (Å²) in [5.41, 5.74) is 0.620. The average Bonchev–Trinajstić information content (AvgIpc) is 3.53. The van der Waals surface area contributed by atoms with Crippen molar-refractivity contribution in [3.63, 3.8) is 0 Å². The Kier molecular flexibility index (Phi) is 7.32. The first kappa shape index (κ1) is 24.3. The largest absolute Gasteiger partial charge is 0.457 e. The van der Waals surface area contributed by atoms with Crippen molar-refractivity contribution in [3.05, 3.63) is 79.0 Å². The molecule has 0 radical (unpaired) electrons. The summed E-state index contributed by atoms with van der Waals surface area (Å²) in [6.45, 7) is 2.04. The van der Waals surface area contributed by atoms with Crippen molar-refractivity contribution in [1.82, 2.24) is 25.0 Å². The number of likely N-dealkylation sites (tertiary alicyclic amines) is 1. The van der Waals surface area contributed by atoms with E-state index in [1.807, 2.05) is 90.6 Å². The Balaban J connectivity index is 1.29. The summed E-state index contributed by atoms with van der Waals surface area (Å²) in [6, 6.07) is 19.0. The van der Waals surface area contributed by atoms with Crippen molar-refractivity contribution in [2.75, 3.05) is 39.0 Å². The number of amides is 1. The number of carbonyl (C=O) groups is 1. The number of rotatable bonds is 9. The van der Waals surface area contributed by atoms with Gasteiger partial charge in [-0.1, -0.05) is 30.3 Å². The zero-order chi connectivity index (χ0) is 25.6. The van der Waals surface area contributed by atoms with Crippen LogP contribution >= 0.6 is 0 Å². The number of H-pyrrole nitrogens is 1. The number of aromatic nitrogens is 3. The molecule has 2 aromatic heterocycles. The van der Waals surface area contributed by atoms with E-state index in [4.69, 9.17) is 9.47 Å². The highest BCUT2D eigenvalue weighted by Gasteiger charge is 2.26. The number of aromatic amines is 1. The van der Waals surface area contributed by atoms with Gasteiger partial charge in [-0.3, -0.25) is 9.89 Å². The first-order valence-corrected chi connectivity index (χ1v) is 12.3. The second-order valence-electron chi connectivity index (χ2n) is 9.18. The van der Waals surface area contributed by atoms with Crippen molar-refractivity contribution >= 4 is 22.8 Å². The van der Waals surface area contributed by atoms with Gasteiger partial charge >= 0.3 is 0 Å². The molecule has 4 aromatic rings. The summed E-state index contributed by atoms with van der Waals surface area (Å²) in [5, 5.41) is 11.7. The number of likely N-dealkylation sites (N-methyl/N-ethyl adjacent to an activating group) is 1. The molecule has 9 heteroatoms. The topological polar surface area (TPSA) is 95.6 Å². The highest BCUT2D eigenvalue weighted by molar-refractivity contribution is 5.93. The highest BCUT2D eigenvalue weighted by Crippen LogP contribution is 2.35. The molecule has 2 N–H and O–H groups in total. The standard InChI is InChI=1S/C28H30N6O3/c1-33(2)16-7-12-25(35)34-17-14-20(19-34)30-28-26-24(13-15-29-27(26)31-32-28)37-23-11-6-10-22(18-23)36-21-8-4-3-5-9-21/h3-13,15,18,20H,14,16-17,19H2,1-2H3,(H2,29,30,31,32)/b12-7+. The van der Waals surface area contributed by atoms with E-state index < -0.39 is 0 Å². The molecular weight excluding hydrogens is 468 g/mol. The van der Waals surface area contributed by atoms with Crippen LogP contribution in [-0.4, -0.2) is 70.7 Å². The lowest BCUT2D eigenvalue weighted by Crippen LogP contribution is -2.30. The number of benzene rings is 2. The Morgan fingerprint density at radius 2 is 1.89 bits per heavy atom. The number of nitrogens with zero attached hydrogens (tertiary/aromatic N) is 4. The van der Waals surface area contributed by atoms with Gasteiger partial charge in [-0.25, -0.2) is 4.98 Å². The molecule has 1 aliphatic rings. The Labute approximate surface area is 215 Å². The maximum Gasteiger partial charge on any atom is 0.246 e. The van der Waals surface area contributed by atoms with E-state index in [-0.39, 0.29) is 11.9 Å². The molecule has 1 aliphatic heterocycles. The number of hydrogen-bond acceptors (Lipinski definition) is 7.